The summed E-state index contributed by atoms with van der Waals surface area (Å²) in [5.74, 6) is 1.74. The number of hydrogen-bond donors (Lipinski definition) is 0. The Kier molecular flexibility index (Phi) is 2.60. The molecule has 1 aliphatic rings. The summed E-state index contributed by atoms with van der Waals surface area (Å²) in [6.07, 6.45) is 3.01. The maximum absolute atomic E-state index is 12.8. The predicted molar refractivity (Wildman–Crippen MR) is 86.3 cm³/mol. The van der Waals surface area contributed by atoms with Crippen molar-refractivity contribution in [2.75, 3.05) is 6.79 Å². The van der Waals surface area contributed by atoms with Crippen molar-refractivity contribution >= 4 is 33.9 Å². The summed E-state index contributed by atoms with van der Waals surface area (Å²) in [6, 6.07) is 7.35. The van der Waals surface area contributed by atoms with Gasteiger partial charge < -0.3 is 13.9 Å². The second-order valence-electron chi connectivity index (χ2n) is 4.98. The van der Waals surface area contributed by atoms with E-state index >= 15 is 0 Å². The van der Waals surface area contributed by atoms with Crippen LogP contribution >= 0.6 is 0 Å². The lowest BCUT2D eigenvalue weighted by Crippen LogP contribution is -2.07. The first-order valence-electron chi connectivity index (χ1n) is 6.81. The van der Waals surface area contributed by atoms with Crippen molar-refractivity contribution in [3.05, 3.63) is 59.0 Å². The fraction of sp³-hybridized carbons (Fsp3) is 0.0556. The minimum absolute atomic E-state index is 0.129. The van der Waals surface area contributed by atoms with Gasteiger partial charge in [-0.3, -0.25) is 4.79 Å². The minimum Gasteiger partial charge on any atom is -0.456 e. The summed E-state index contributed by atoms with van der Waals surface area (Å²) in [5.41, 5.74) is 0.792. The Morgan fingerprint density at radius 1 is 1.05 bits per heavy atom. The van der Waals surface area contributed by atoms with Crippen molar-refractivity contribution in [2.24, 2.45) is 0 Å². The Bertz CT molecular complexity index is 1010. The van der Waals surface area contributed by atoms with Gasteiger partial charge in [0.1, 0.15) is 11.3 Å². The van der Waals surface area contributed by atoms with Crippen LogP contribution < -0.4 is 14.9 Å². The second-order valence-corrected chi connectivity index (χ2v) is 4.98. The molecule has 22 heavy (non-hydrogen) atoms. The fourth-order valence-corrected chi connectivity index (χ4v) is 2.78. The number of rotatable bonds is 2. The fourth-order valence-electron chi connectivity index (χ4n) is 2.78. The molecule has 2 aromatic carbocycles. The number of benzene rings is 2. The van der Waals surface area contributed by atoms with E-state index < -0.39 is 0 Å². The maximum Gasteiger partial charge on any atom is 0.231 e. The average Bonchev–Trinajstić information content (AvgIpc) is 2.99. The van der Waals surface area contributed by atoms with Crippen LogP contribution in [-0.4, -0.2) is 6.79 Å². The van der Waals surface area contributed by atoms with E-state index in [4.69, 9.17) is 13.9 Å². The number of fused-ring (bicyclic) bond motifs is 4. The van der Waals surface area contributed by atoms with Gasteiger partial charge >= 0.3 is 0 Å². The van der Waals surface area contributed by atoms with Gasteiger partial charge in [0.05, 0.1) is 10.9 Å². The molecule has 1 aliphatic heterocycles. The maximum atomic E-state index is 12.8. The topological polar surface area (TPSA) is 48.7 Å². The molecule has 0 radical (unpaired) electrons. The quantitative estimate of drug-likeness (QED) is 0.671. The molecule has 4 nitrogen and oxygen atoms in total. The molecule has 4 heteroatoms. The Morgan fingerprint density at radius 3 is 2.55 bits per heavy atom. The molecule has 2 heterocycles. The molecule has 1 aromatic heterocycles. The Morgan fingerprint density at radius 2 is 1.82 bits per heavy atom. The van der Waals surface area contributed by atoms with E-state index in [1.165, 1.54) is 12.2 Å². The summed E-state index contributed by atoms with van der Waals surface area (Å²) in [5, 5.41) is 2.18. The highest BCUT2D eigenvalue weighted by Gasteiger charge is 2.18. The lowest BCUT2D eigenvalue weighted by atomic mass is 10.0. The summed E-state index contributed by atoms with van der Waals surface area (Å²) in [7, 11) is 0. The standard InChI is InChI=1S/C18H12O4/c1-3-11-13(4-2)22-14-6-5-10-7-15-16(21-9-20-15)8-12(10)17(14)18(11)19/h3-8H,1-2,9H2. The zero-order valence-electron chi connectivity index (χ0n) is 11.7. The van der Waals surface area contributed by atoms with E-state index in [0.717, 1.165) is 10.8 Å². The molecule has 0 fully saturated rings. The minimum atomic E-state index is -0.129. The van der Waals surface area contributed by atoms with Gasteiger partial charge in [-0.25, -0.2) is 0 Å². The van der Waals surface area contributed by atoms with Gasteiger partial charge in [-0.2, -0.15) is 0 Å². The predicted octanol–water partition coefficient (Wildman–Crippen LogP) is 3.96. The molecule has 0 amide bonds. The third kappa shape index (κ3) is 1.61. The van der Waals surface area contributed by atoms with Gasteiger partial charge in [-0.15, -0.1) is 0 Å². The first-order chi connectivity index (χ1) is 10.7. The monoisotopic (exact) mass is 292 g/mol. The van der Waals surface area contributed by atoms with Gasteiger partial charge in [-0.1, -0.05) is 25.3 Å². The normalized spacial score (nSPS) is 12.7. The lowest BCUT2D eigenvalue weighted by molar-refractivity contribution is 0.174. The van der Waals surface area contributed by atoms with Crippen LogP contribution in [-0.2, 0) is 0 Å². The van der Waals surface area contributed by atoms with Crippen LogP contribution in [0.1, 0.15) is 11.3 Å². The molecular weight excluding hydrogens is 280 g/mol. The molecule has 0 aliphatic carbocycles. The second kappa shape index (κ2) is 4.49. The molecule has 0 saturated heterocycles. The molecule has 108 valence electrons. The van der Waals surface area contributed by atoms with Gasteiger partial charge in [0.15, 0.2) is 11.5 Å². The van der Waals surface area contributed by atoms with Crippen molar-refractivity contribution in [1.29, 1.82) is 0 Å². The SMILES string of the molecule is C=Cc1oc2ccc3cc4c(cc3c2c(=O)c1C=C)OCO4. The van der Waals surface area contributed by atoms with E-state index in [1.54, 1.807) is 6.07 Å². The van der Waals surface area contributed by atoms with E-state index in [2.05, 4.69) is 13.2 Å². The van der Waals surface area contributed by atoms with Crippen LogP contribution in [0.25, 0.3) is 33.9 Å². The Balaban J connectivity index is 2.22. The zero-order chi connectivity index (χ0) is 15.3. The van der Waals surface area contributed by atoms with Crippen molar-refractivity contribution in [3.63, 3.8) is 0 Å². The Hall–Kier alpha value is -3.01. The van der Waals surface area contributed by atoms with Gasteiger partial charge in [0.25, 0.3) is 0 Å². The lowest BCUT2D eigenvalue weighted by Gasteiger charge is -2.07. The number of hydrogen-bond acceptors (Lipinski definition) is 4. The first kappa shape index (κ1) is 12.7. The van der Waals surface area contributed by atoms with Gasteiger partial charge in [0.2, 0.25) is 12.2 Å². The zero-order valence-corrected chi connectivity index (χ0v) is 11.7. The molecule has 0 atom stereocenters. The first-order valence-corrected chi connectivity index (χ1v) is 6.81. The molecule has 4 rings (SSSR count). The molecule has 0 spiro atoms. The number of ether oxygens (including phenoxy) is 2. The molecule has 0 saturated carbocycles. The summed E-state index contributed by atoms with van der Waals surface area (Å²) >= 11 is 0. The molecule has 0 N–H and O–H groups in total. The van der Waals surface area contributed by atoms with Crippen LogP contribution in [0.5, 0.6) is 11.5 Å². The third-order valence-corrected chi connectivity index (χ3v) is 3.82. The van der Waals surface area contributed by atoms with E-state index in [-0.39, 0.29) is 12.2 Å². The smallest absolute Gasteiger partial charge is 0.231 e. The van der Waals surface area contributed by atoms with Crippen molar-refractivity contribution in [3.8, 4) is 11.5 Å². The van der Waals surface area contributed by atoms with Crippen LogP contribution in [0.3, 0.4) is 0 Å². The highest BCUT2D eigenvalue weighted by atomic mass is 16.7. The van der Waals surface area contributed by atoms with E-state index in [0.29, 0.717) is 33.8 Å². The van der Waals surface area contributed by atoms with Gasteiger partial charge in [-0.05, 0) is 29.7 Å². The summed E-state index contributed by atoms with van der Waals surface area (Å²) in [6.45, 7) is 7.56. The largest absolute Gasteiger partial charge is 0.456 e. The molecule has 3 aromatic rings. The summed E-state index contributed by atoms with van der Waals surface area (Å²) in [4.78, 5) is 12.8. The van der Waals surface area contributed by atoms with Crippen LogP contribution in [0.15, 0.2) is 46.6 Å². The molecule has 0 bridgehead atoms. The van der Waals surface area contributed by atoms with Crippen LogP contribution in [0.4, 0.5) is 0 Å². The highest BCUT2D eigenvalue weighted by Crippen LogP contribution is 2.38. The highest BCUT2D eigenvalue weighted by molar-refractivity contribution is 6.07. The van der Waals surface area contributed by atoms with Gasteiger partial charge in [0, 0.05) is 5.39 Å². The Labute approximate surface area is 125 Å². The third-order valence-electron chi connectivity index (χ3n) is 3.82. The van der Waals surface area contributed by atoms with Crippen molar-refractivity contribution in [2.45, 2.75) is 0 Å². The van der Waals surface area contributed by atoms with Crippen LogP contribution in [0.2, 0.25) is 0 Å². The van der Waals surface area contributed by atoms with E-state index in [9.17, 15) is 4.79 Å². The van der Waals surface area contributed by atoms with E-state index in [1.807, 2.05) is 18.2 Å². The average molecular weight is 292 g/mol. The molecular formula is C18H12O4. The van der Waals surface area contributed by atoms with Crippen molar-refractivity contribution in [1.82, 2.24) is 0 Å². The summed E-state index contributed by atoms with van der Waals surface area (Å²) < 4.78 is 16.6. The molecule has 0 unspecified atom stereocenters. The van der Waals surface area contributed by atoms with Crippen molar-refractivity contribution < 1.29 is 13.9 Å². The van der Waals surface area contributed by atoms with Crippen LogP contribution in [0, 0.1) is 0 Å².